The largest absolute Gasteiger partial charge is 0.364 e. The Morgan fingerprint density at radius 3 is 2.58 bits per heavy atom. The van der Waals surface area contributed by atoms with Crippen LogP contribution in [0.15, 0.2) is 53.4 Å². The molecule has 0 bridgehead atoms. The van der Waals surface area contributed by atoms with Gasteiger partial charge in [0.1, 0.15) is 23.5 Å². The van der Waals surface area contributed by atoms with E-state index in [0.29, 0.717) is 28.5 Å². The molecule has 1 saturated heterocycles. The molecule has 0 atom stereocenters. The van der Waals surface area contributed by atoms with Gasteiger partial charge in [0.2, 0.25) is 0 Å². The summed E-state index contributed by atoms with van der Waals surface area (Å²) in [7, 11) is 0. The highest BCUT2D eigenvalue weighted by Gasteiger charge is 2.21. The Balaban J connectivity index is 1.55. The first-order valence-corrected chi connectivity index (χ1v) is 10.2. The van der Waals surface area contributed by atoms with Crippen molar-refractivity contribution in [1.29, 1.82) is 0 Å². The minimum atomic E-state index is -0.451. The van der Waals surface area contributed by atoms with Gasteiger partial charge in [0.25, 0.3) is 0 Å². The summed E-state index contributed by atoms with van der Waals surface area (Å²) in [4.78, 5) is 10.6. The van der Waals surface area contributed by atoms with Gasteiger partial charge in [-0.05, 0) is 31.4 Å². The van der Waals surface area contributed by atoms with E-state index in [1.165, 1.54) is 18.5 Å². The first kappa shape index (κ1) is 19.3. The van der Waals surface area contributed by atoms with Crippen LogP contribution in [0.1, 0.15) is 24.8 Å². The molecule has 0 unspecified atom stereocenters. The van der Waals surface area contributed by atoms with Gasteiger partial charge in [0, 0.05) is 24.7 Å². The quantitative estimate of drug-likeness (QED) is 0.477. The van der Waals surface area contributed by atoms with Gasteiger partial charge in [0.05, 0.1) is 18.4 Å². The molecule has 0 amide bonds. The van der Waals surface area contributed by atoms with Crippen molar-refractivity contribution >= 4 is 5.82 Å². The van der Waals surface area contributed by atoms with Gasteiger partial charge in [0.15, 0.2) is 17.5 Å². The second kappa shape index (κ2) is 8.25. The Morgan fingerprint density at radius 1 is 0.968 bits per heavy atom. The molecule has 1 fully saturated rings. The van der Waals surface area contributed by atoms with Crippen molar-refractivity contribution in [3.63, 3.8) is 0 Å². The van der Waals surface area contributed by atoms with Crippen molar-refractivity contribution in [2.24, 2.45) is 0 Å². The fourth-order valence-corrected chi connectivity index (χ4v) is 3.79. The average molecular weight is 422 g/mol. The third-order valence-electron chi connectivity index (χ3n) is 5.37. The van der Waals surface area contributed by atoms with Gasteiger partial charge in [-0.25, -0.2) is 18.7 Å². The summed E-state index contributed by atoms with van der Waals surface area (Å²) >= 11 is 0. The van der Waals surface area contributed by atoms with E-state index in [1.807, 2.05) is 4.90 Å². The first-order valence-electron chi connectivity index (χ1n) is 10.2. The molecule has 4 aromatic rings. The molecular weight excluding hydrogens is 402 g/mol. The lowest BCUT2D eigenvalue weighted by molar-refractivity contribution is 0.421. The normalized spacial score (nSPS) is 14.2. The zero-order chi connectivity index (χ0) is 21.2. The predicted octanol–water partition coefficient (Wildman–Crippen LogP) is 4.31. The molecule has 0 saturated carbocycles. The summed E-state index contributed by atoms with van der Waals surface area (Å²) < 4.78 is 35.3. The number of aromatic nitrogens is 5. The lowest BCUT2D eigenvalue weighted by atomic mass is 10.1. The average Bonchev–Trinajstić information content (AvgIpc) is 3.46. The number of piperidine rings is 1. The highest BCUT2D eigenvalue weighted by Crippen LogP contribution is 2.27. The second-order valence-electron chi connectivity index (χ2n) is 7.46. The maximum atomic E-state index is 14.5. The first-order chi connectivity index (χ1) is 15.2. The molecule has 9 heteroatoms. The molecule has 4 heterocycles. The molecular formula is C22H20F2N6O. The van der Waals surface area contributed by atoms with E-state index in [2.05, 4.69) is 20.2 Å². The van der Waals surface area contributed by atoms with Crippen molar-refractivity contribution in [2.75, 3.05) is 18.0 Å². The summed E-state index contributed by atoms with van der Waals surface area (Å²) in [6.07, 6.45) is 5.78. The third kappa shape index (κ3) is 3.90. The van der Waals surface area contributed by atoms with Crippen molar-refractivity contribution in [2.45, 2.75) is 25.8 Å². The molecule has 0 aliphatic carbocycles. The van der Waals surface area contributed by atoms with Crippen molar-refractivity contribution < 1.29 is 13.3 Å². The van der Waals surface area contributed by atoms with E-state index in [0.717, 1.165) is 32.4 Å². The SMILES string of the molecule is Fc1ccccc1Cn1nc(-c2ncc(F)c(N3CCCCC3)n2)cc1-c1ccon1. The third-order valence-corrected chi connectivity index (χ3v) is 5.37. The van der Waals surface area contributed by atoms with E-state index in [-0.39, 0.29) is 18.2 Å². The lowest BCUT2D eigenvalue weighted by Gasteiger charge is -2.27. The van der Waals surface area contributed by atoms with Crippen LogP contribution in [-0.4, -0.2) is 38.0 Å². The van der Waals surface area contributed by atoms with Gasteiger partial charge >= 0.3 is 0 Å². The lowest BCUT2D eigenvalue weighted by Crippen LogP contribution is -2.31. The van der Waals surface area contributed by atoms with Crippen molar-refractivity contribution in [3.8, 4) is 22.9 Å². The Bertz CT molecular complexity index is 1180. The topological polar surface area (TPSA) is 72.9 Å². The number of nitrogens with zero attached hydrogens (tertiary/aromatic N) is 6. The molecule has 31 heavy (non-hydrogen) atoms. The Hall–Kier alpha value is -3.62. The molecule has 0 radical (unpaired) electrons. The van der Waals surface area contributed by atoms with Crippen LogP contribution < -0.4 is 4.90 Å². The van der Waals surface area contributed by atoms with Crippen LogP contribution in [0.3, 0.4) is 0 Å². The van der Waals surface area contributed by atoms with Gasteiger partial charge in [-0.2, -0.15) is 5.10 Å². The van der Waals surface area contributed by atoms with E-state index in [1.54, 1.807) is 35.0 Å². The zero-order valence-corrected chi connectivity index (χ0v) is 16.7. The standard InChI is InChI=1S/C22H20F2N6O/c23-16-7-3-2-6-15(16)14-30-20(18-8-11-31-28-18)12-19(27-30)21-25-13-17(24)22(26-21)29-9-4-1-5-10-29/h2-3,6-8,11-13H,1,4-5,9-10,14H2. The van der Waals surface area contributed by atoms with Gasteiger partial charge < -0.3 is 9.42 Å². The van der Waals surface area contributed by atoms with Gasteiger partial charge in [-0.1, -0.05) is 23.4 Å². The maximum absolute atomic E-state index is 14.5. The summed E-state index contributed by atoms with van der Waals surface area (Å²) in [6.45, 7) is 1.72. The second-order valence-corrected chi connectivity index (χ2v) is 7.46. The molecule has 5 rings (SSSR count). The fourth-order valence-electron chi connectivity index (χ4n) is 3.79. The summed E-state index contributed by atoms with van der Waals surface area (Å²) in [5.41, 5.74) is 2.11. The Labute approximate surface area is 177 Å². The maximum Gasteiger partial charge on any atom is 0.183 e. The molecule has 158 valence electrons. The van der Waals surface area contributed by atoms with E-state index >= 15 is 0 Å². The molecule has 1 aromatic carbocycles. The summed E-state index contributed by atoms with van der Waals surface area (Å²) in [5.74, 6) is -0.181. The van der Waals surface area contributed by atoms with Crippen LogP contribution in [0.4, 0.5) is 14.6 Å². The predicted molar refractivity (Wildman–Crippen MR) is 110 cm³/mol. The minimum Gasteiger partial charge on any atom is -0.364 e. The molecule has 1 aliphatic heterocycles. The van der Waals surface area contributed by atoms with Crippen molar-refractivity contribution in [1.82, 2.24) is 24.9 Å². The fraction of sp³-hybridized carbons (Fsp3) is 0.273. The van der Waals surface area contributed by atoms with E-state index < -0.39 is 5.82 Å². The number of rotatable bonds is 5. The summed E-state index contributed by atoms with van der Waals surface area (Å²) in [6, 6.07) is 9.97. The van der Waals surface area contributed by atoms with Crippen LogP contribution in [0, 0.1) is 11.6 Å². The van der Waals surface area contributed by atoms with Crippen LogP contribution in [0.2, 0.25) is 0 Å². The van der Waals surface area contributed by atoms with E-state index in [4.69, 9.17) is 4.52 Å². The molecule has 7 nitrogen and oxygen atoms in total. The van der Waals surface area contributed by atoms with Gasteiger partial charge in [-0.15, -0.1) is 0 Å². The van der Waals surface area contributed by atoms with Crippen LogP contribution in [0.5, 0.6) is 0 Å². The van der Waals surface area contributed by atoms with Crippen LogP contribution in [-0.2, 0) is 6.54 Å². The zero-order valence-electron chi connectivity index (χ0n) is 16.7. The van der Waals surface area contributed by atoms with Gasteiger partial charge in [-0.3, -0.25) is 4.68 Å². The van der Waals surface area contributed by atoms with Crippen molar-refractivity contribution in [3.05, 3.63) is 66.1 Å². The Kier molecular flexibility index (Phi) is 5.15. The van der Waals surface area contributed by atoms with E-state index in [9.17, 15) is 8.78 Å². The Morgan fingerprint density at radius 2 is 1.81 bits per heavy atom. The number of halogens is 2. The monoisotopic (exact) mass is 422 g/mol. The number of anilines is 1. The highest BCUT2D eigenvalue weighted by atomic mass is 19.1. The van der Waals surface area contributed by atoms with Crippen LogP contribution in [0.25, 0.3) is 22.9 Å². The number of benzene rings is 1. The molecule has 1 aliphatic rings. The number of hydrogen-bond donors (Lipinski definition) is 0. The van der Waals surface area contributed by atoms with Crippen LogP contribution >= 0.6 is 0 Å². The molecule has 3 aromatic heterocycles. The molecule has 0 N–H and O–H groups in total. The smallest absolute Gasteiger partial charge is 0.183 e. The summed E-state index contributed by atoms with van der Waals surface area (Å²) in [5, 5.41) is 8.58. The minimum absolute atomic E-state index is 0.190. The molecule has 0 spiro atoms. The number of hydrogen-bond acceptors (Lipinski definition) is 6. The highest BCUT2D eigenvalue weighted by molar-refractivity contribution is 5.63.